The van der Waals surface area contributed by atoms with Crippen LogP contribution in [0.25, 0.3) is 0 Å². The highest BCUT2D eigenvalue weighted by atomic mass is 16.6. The van der Waals surface area contributed by atoms with Crippen molar-refractivity contribution in [2.45, 2.75) is 39.7 Å². The van der Waals surface area contributed by atoms with Crippen LogP contribution in [-0.4, -0.2) is 122 Å². The molecule has 0 atom stereocenters. The molecule has 0 aliphatic heterocycles. The molecule has 0 fully saturated rings. The van der Waals surface area contributed by atoms with Gasteiger partial charge in [-0.05, 0) is 27.2 Å². The second-order valence-corrected chi connectivity index (χ2v) is 8.59. The summed E-state index contributed by atoms with van der Waals surface area (Å²) < 4.78 is 38.1. The molecule has 0 saturated carbocycles. The number of nitrogens with one attached hydrogen (secondary N) is 1. The standard InChI is InChI=1S/C25H48N2O8/c1-6-12-29-15-9-27(10-16-31-14-8-26-24(28)35-25(3,4)5)11-17-32-19-21-34-23-22-33-20-18-30-13-7-2/h2H,6,8-23H2,1,3-5H3,(H,26,28). The molecule has 0 aromatic rings. The van der Waals surface area contributed by atoms with Crippen molar-refractivity contribution >= 4 is 6.09 Å². The highest BCUT2D eigenvalue weighted by molar-refractivity contribution is 5.67. The summed E-state index contributed by atoms with van der Waals surface area (Å²) in [5, 5.41) is 2.68. The molecule has 0 aliphatic carbocycles. The van der Waals surface area contributed by atoms with Gasteiger partial charge in [0, 0.05) is 32.8 Å². The van der Waals surface area contributed by atoms with E-state index < -0.39 is 11.7 Å². The predicted octanol–water partition coefficient (Wildman–Crippen LogP) is 1.96. The lowest BCUT2D eigenvalue weighted by Crippen LogP contribution is -2.36. The van der Waals surface area contributed by atoms with Crippen molar-refractivity contribution in [1.29, 1.82) is 0 Å². The number of terminal acetylenes is 1. The van der Waals surface area contributed by atoms with E-state index in [9.17, 15) is 4.79 Å². The van der Waals surface area contributed by atoms with E-state index in [2.05, 4.69) is 23.1 Å². The van der Waals surface area contributed by atoms with Gasteiger partial charge in [-0.2, -0.15) is 0 Å². The molecule has 0 aromatic heterocycles. The summed E-state index contributed by atoms with van der Waals surface area (Å²) in [7, 11) is 0. The topological polar surface area (TPSA) is 97.0 Å². The Hall–Kier alpha value is -1.45. The number of hydrogen-bond acceptors (Lipinski definition) is 9. The molecule has 0 bridgehead atoms. The fourth-order valence-electron chi connectivity index (χ4n) is 2.60. The van der Waals surface area contributed by atoms with Crippen LogP contribution in [0.1, 0.15) is 34.1 Å². The maximum absolute atomic E-state index is 11.6. The number of ether oxygens (including phenoxy) is 7. The molecular formula is C25H48N2O8. The van der Waals surface area contributed by atoms with Crippen molar-refractivity contribution in [3.63, 3.8) is 0 Å². The molecule has 206 valence electrons. The van der Waals surface area contributed by atoms with Crippen molar-refractivity contribution in [2.24, 2.45) is 0 Å². The van der Waals surface area contributed by atoms with Gasteiger partial charge in [0.1, 0.15) is 12.2 Å². The van der Waals surface area contributed by atoms with E-state index in [4.69, 9.17) is 39.6 Å². The summed E-state index contributed by atoms with van der Waals surface area (Å²) in [5.41, 5.74) is -0.508. The molecule has 0 radical (unpaired) electrons. The molecule has 1 amide bonds. The third kappa shape index (κ3) is 27.0. The summed E-state index contributed by atoms with van der Waals surface area (Å²) in [6.45, 7) is 16.7. The number of alkyl carbamates (subject to hydrolysis) is 1. The van der Waals surface area contributed by atoms with Gasteiger partial charge < -0.3 is 38.5 Å². The van der Waals surface area contributed by atoms with Gasteiger partial charge in [0.05, 0.1) is 66.1 Å². The summed E-state index contributed by atoms with van der Waals surface area (Å²) in [5.74, 6) is 2.40. The van der Waals surface area contributed by atoms with Crippen LogP contribution >= 0.6 is 0 Å². The minimum atomic E-state index is -0.508. The molecule has 0 aliphatic rings. The monoisotopic (exact) mass is 504 g/mol. The molecule has 1 N–H and O–H groups in total. The van der Waals surface area contributed by atoms with Crippen molar-refractivity contribution in [3.05, 3.63) is 0 Å². The summed E-state index contributed by atoms with van der Waals surface area (Å²) in [6, 6.07) is 0. The van der Waals surface area contributed by atoms with Crippen LogP contribution in [-0.2, 0) is 33.2 Å². The Labute approximate surface area is 212 Å². The highest BCUT2D eigenvalue weighted by Gasteiger charge is 2.15. The molecule has 35 heavy (non-hydrogen) atoms. The summed E-state index contributed by atoms with van der Waals surface area (Å²) in [4.78, 5) is 13.9. The van der Waals surface area contributed by atoms with Gasteiger partial charge in [-0.1, -0.05) is 12.8 Å². The Morgan fingerprint density at radius 1 is 0.743 bits per heavy atom. The largest absolute Gasteiger partial charge is 0.444 e. The van der Waals surface area contributed by atoms with Gasteiger partial charge in [-0.3, -0.25) is 4.90 Å². The lowest BCUT2D eigenvalue weighted by atomic mass is 10.2. The maximum Gasteiger partial charge on any atom is 0.407 e. The van der Waals surface area contributed by atoms with E-state index >= 15 is 0 Å². The van der Waals surface area contributed by atoms with Crippen LogP contribution in [0, 0.1) is 12.3 Å². The minimum Gasteiger partial charge on any atom is -0.444 e. The van der Waals surface area contributed by atoms with Crippen LogP contribution in [0.15, 0.2) is 0 Å². The molecular weight excluding hydrogens is 456 g/mol. The lowest BCUT2D eigenvalue weighted by molar-refractivity contribution is -0.00321. The second kappa shape index (κ2) is 24.3. The van der Waals surface area contributed by atoms with E-state index in [1.165, 1.54) is 0 Å². The van der Waals surface area contributed by atoms with E-state index in [0.717, 1.165) is 32.7 Å². The van der Waals surface area contributed by atoms with Crippen molar-refractivity contribution in [3.8, 4) is 12.3 Å². The normalized spacial score (nSPS) is 11.5. The maximum atomic E-state index is 11.6. The average molecular weight is 505 g/mol. The second-order valence-electron chi connectivity index (χ2n) is 8.59. The quantitative estimate of drug-likeness (QED) is 0.156. The Kier molecular flexibility index (Phi) is 23.2. The number of carbonyl (C=O) groups is 1. The molecule has 0 unspecified atom stereocenters. The fourth-order valence-corrected chi connectivity index (χ4v) is 2.60. The zero-order valence-electron chi connectivity index (χ0n) is 22.3. The molecule has 0 aromatic carbocycles. The zero-order chi connectivity index (χ0) is 26.0. The zero-order valence-corrected chi connectivity index (χ0v) is 22.3. The van der Waals surface area contributed by atoms with E-state index in [1.54, 1.807) is 0 Å². The first-order valence-electron chi connectivity index (χ1n) is 12.5. The lowest BCUT2D eigenvalue weighted by Gasteiger charge is -2.22. The van der Waals surface area contributed by atoms with Crippen LogP contribution in [0.2, 0.25) is 0 Å². The Bertz CT molecular complexity index is 523. The van der Waals surface area contributed by atoms with Crippen molar-refractivity contribution in [2.75, 3.05) is 105 Å². The van der Waals surface area contributed by atoms with Crippen LogP contribution in [0.4, 0.5) is 4.79 Å². The van der Waals surface area contributed by atoms with Crippen LogP contribution in [0.5, 0.6) is 0 Å². The van der Waals surface area contributed by atoms with E-state index in [0.29, 0.717) is 79.2 Å². The van der Waals surface area contributed by atoms with Gasteiger partial charge in [0.15, 0.2) is 0 Å². The Morgan fingerprint density at radius 2 is 1.20 bits per heavy atom. The SMILES string of the molecule is C#CCOCCOCCOCCOCCN(CCOCCC)CCOCCNC(=O)OC(C)(C)C. The van der Waals surface area contributed by atoms with Gasteiger partial charge in [0.2, 0.25) is 0 Å². The molecule has 0 saturated heterocycles. The average Bonchev–Trinajstić information content (AvgIpc) is 2.80. The first-order valence-corrected chi connectivity index (χ1v) is 12.5. The fraction of sp³-hybridized carbons (Fsp3) is 0.880. The van der Waals surface area contributed by atoms with E-state index in [1.807, 2.05) is 20.8 Å². The third-order valence-corrected chi connectivity index (χ3v) is 4.22. The molecule has 0 spiro atoms. The molecule has 0 heterocycles. The third-order valence-electron chi connectivity index (χ3n) is 4.22. The number of rotatable bonds is 24. The van der Waals surface area contributed by atoms with Gasteiger partial charge in [-0.15, -0.1) is 6.42 Å². The van der Waals surface area contributed by atoms with E-state index in [-0.39, 0.29) is 0 Å². The van der Waals surface area contributed by atoms with Crippen LogP contribution in [0.3, 0.4) is 0 Å². The van der Waals surface area contributed by atoms with Crippen molar-refractivity contribution in [1.82, 2.24) is 10.2 Å². The van der Waals surface area contributed by atoms with Gasteiger partial charge >= 0.3 is 6.09 Å². The summed E-state index contributed by atoms with van der Waals surface area (Å²) in [6.07, 6.45) is 5.66. The molecule has 0 rings (SSSR count). The molecule has 10 nitrogen and oxygen atoms in total. The van der Waals surface area contributed by atoms with Gasteiger partial charge in [0.25, 0.3) is 0 Å². The predicted molar refractivity (Wildman–Crippen MR) is 135 cm³/mol. The first-order chi connectivity index (χ1) is 16.9. The Morgan fingerprint density at radius 3 is 1.69 bits per heavy atom. The van der Waals surface area contributed by atoms with Crippen molar-refractivity contribution < 1.29 is 38.0 Å². The summed E-state index contributed by atoms with van der Waals surface area (Å²) >= 11 is 0. The highest BCUT2D eigenvalue weighted by Crippen LogP contribution is 2.06. The molecule has 10 heteroatoms. The van der Waals surface area contributed by atoms with Gasteiger partial charge in [-0.25, -0.2) is 4.79 Å². The number of carbonyl (C=O) groups excluding carboxylic acids is 1. The number of amides is 1. The smallest absolute Gasteiger partial charge is 0.407 e. The number of nitrogens with zero attached hydrogens (tertiary/aromatic N) is 1. The first kappa shape index (κ1) is 33.5. The Balaban J connectivity index is 3.81. The minimum absolute atomic E-state index is 0.306. The van der Waals surface area contributed by atoms with Crippen LogP contribution < -0.4 is 5.32 Å². The number of hydrogen-bond donors (Lipinski definition) is 1.